The van der Waals surface area contributed by atoms with Gasteiger partial charge >= 0.3 is 18.3 Å². The highest BCUT2D eigenvalue weighted by molar-refractivity contribution is 7.99. The third kappa shape index (κ3) is 6.34. The van der Waals surface area contributed by atoms with Crippen molar-refractivity contribution in [3.63, 3.8) is 0 Å². The molecule has 12 heteroatoms. The predicted molar refractivity (Wildman–Crippen MR) is 120 cm³/mol. The summed E-state index contributed by atoms with van der Waals surface area (Å²) in [5.74, 6) is -2.14. The van der Waals surface area contributed by atoms with E-state index in [-0.39, 0.29) is 36.6 Å². The minimum atomic E-state index is -5.37. The number of amides is 1. The number of carboxylic acid groups (broad SMARTS) is 1. The number of halogens is 6. The minimum absolute atomic E-state index is 0.0779. The lowest BCUT2D eigenvalue weighted by molar-refractivity contribution is -0.163. The average molecular weight is 533 g/mol. The van der Waals surface area contributed by atoms with Gasteiger partial charge in [-0.15, -0.1) is 0 Å². The fourth-order valence-corrected chi connectivity index (χ4v) is 4.94. The van der Waals surface area contributed by atoms with E-state index in [4.69, 9.17) is 9.84 Å². The summed E-state index contributed by atoms with van der Waals surface area (Å²) in [5, 5.41) is 9.03. The molecule has 3 rings (SSSR count). The fraction of sp³-hybridized carbons (Fsp3) is 0.333. The molecule has 1 saturated heterocycles. The second-order valence-electron chi connectivity index (χ2n) is 7.92. The number of likely N-dealkylation sites (tertiary alicyclic amines) is 1. The molecule has 0 atom stereocenters. The molecular formula is C24H21F6NO4S. The number of aliphatic carboxylic acids is 1. The largest absolute Gasteiger partial charge is 0.496 e. The summed E-state index contributed by atoms with van der Waals surface area (Å²) in [6.07, 6.45) is -8.88. The highest BCUT2D eigenvalue weighted by Crippen LogP contribution is 2.49. The molecule has 0 spiro atoms. The van der Waals surface area contributed by atoms with Crippen LogP contribution in [0.2, 0.25) is 0 Å². The Balaban J connectivity index is 2.00. The number of carbonyl (C=O) groups excluding carboxylic acids is 1. The molecule has 0 aromatic heterocycles. The van der Waals surface area contributed by atoms with Gasteiger partial charge in [-0.25, -0.2) is 0 Å². The number of carbonyl (C=O) groups is 2. The van der Waals surface area contributed by atoms with Crippen molar-refractivity contribution in [2.24, 2.45) is 5.92 Å². The van der Waals surface area contributed by atoms with E-state index in [0.29, 0.717) is 17.8 Å². The second-order valence-corrected chi connectivity index (χ2v) is 9.01. The summed E-state index contributed by atoms with van der Waals surface area (Å²) in [5.41, 5.74) is -4.57. The highest BCUT2D eigenvalue weighted by Gasteiger charge is 2.46. The van der Waals surface area contributed by atoms with Crippen LogP contribution in [0.5, 0.6) is 5.75 Å². The van der Waals surface area contributed by atoms with Crippen LogP contribution in [0.15, 0.2) is 52.3 Å². The Hall–Kier alpha value is -3.15. The Morgan fingerprint density at radius 2 is 1.58 bits per heavy atom. The zero-order valence-electron chi connectivity index (χ0n) is 18.8. The number of piperidine rings is 1. The molecule has 1 fully saturated rings. The molecule has 0 aliphatic carbocycles. The summed E-state index contributed by atoms with van der Waals surface area (Å²) in [6, 6.07) is 7.81. The number of methoxy groups -OCH3 is 1. The standard InChI is InChI=1S/C24H21F6NO4S/c1-35-16-4-2-3-5-17(16)36-18-8-6-14(20(23(25,26)27)21(18)24(28,29)30)7-9-19(32)31-12-10-15(11-13-31)22(33)34/h2-9,15H,10-13H2,1H3,(H,33,34). The van der Waals surface area contributed by atoms with Gasteiger partial charge in [0.2, 0.25) is 5.91 Å². The van der Waals surface area contributed by atoms with E-state index in [9.17, 15) is 35.9 Å². The highest BCUT2D eigenvalue weighted by atomic mass is 32.2. The van der Waals surface area contributed by atoms with Crippen LogP contribution in [0.25, 0.3) is 6.08 Å². The van der Waals surface area contributed by atoms with Crippen LogP contribution in [-0.2, 0) is 21.9 Å². The number of hydrogen-bond donors (Lipinski definition) is 1. The molecule has 1 amide bonds. The van der Waals surface area contributed by atoms with Gasteiger partial charge in [0.05, 0.1) is 29.1 Å². The molecule has 1 aliphatic heterocycles. The van der Waals surface area contributed by atoms with Crippen LogP contribution in [0.1, 0.15) is 29.5 Å². The first-order chi connectivity index (χ1) is 16.8. The van der Waals surface area contributed by atoms with Crippen LogP contribution in [-0.4, -0.2) is 42.1 Å². The van der Waals surface area contributed by atoms with Crippen molar-refractivity contribution < 1.29 is 45.8 Å². The van der Waals surface area contributed by atoms with Gasteiger partial charge < -0.3 is 14.7 Å². The molecule has 1 N–H and O–H groups in total. The van der Waals surface area contributed by atoms with Crippen molar-refractivity contribution >= 4 is 29.7 Å². The second kappa shape index (κ2) is 10.9. The maximum atomic E-state index is 14.0. The van der Waals surface area contributed by atoms with Crippen LogP contribution in [0, 0.1) is 5.92 Å². The Labute approximate surface area is 206 Å². The molecule has 0 saturated carbocycles. The SMILES string of the molecule is COc1ccccc1Sc1ccc(C=CC(=O)N2CCC(C(=O)O)CC2)c(C(F)(F)F)c1C(F)(F)F. The van der Waals surface area contributed by atoms with Crippen molar-refractivity contribution in [3.05, 3.63) is 59.2 Å². The van der Waals surface area contributed by atoms with E-state index in [2.05, 4.69) is 0 Å². The molecule has 0 unspecified atom stereocenters. The summed E-state index contributed by atoms with van der Waals surface area (Å²) >= 11 is 0.489. The number of alkyl halides is 6. The molecule has 36 heavy (non-hydrogen) atoms. The number of nitrogens with zero attached hydrogens (tertiary/aromatic N) is 1. The molecule has 1 heterocycles. The molecule has 0 bridgehead atoms. The van der Waals surface area contributed by atoms with Crippen molar-refractivity contribution in [1.82, 2.24) is 4.90 Å². The summed E-state index contributed by atoms with van der Waals surface area (Å²) < 4.78 is 89.1. The minimum Gasteiger partial charge on any atom is -0.496 e. The van der Waals surface area contributed by atoms with Gasteiger partial charge in [-0.3, -0.25) is 9.59 Å². The summed E-state index contributed by atoms with van der Waals surface area (Å²) in [6.45, 7) is 0.156. The Bertz CT molecular complexity index is 1150. The van der Waals surface area contributed by atoms with Gasteiger partial charge in [0.1, 0.15) is 5.75 Å². The monoisotopic (exact) mass is 533 g/mol. The van der Waals surface area contributed by atoms with Gasteiger partial charge in [-0.1, -0.05) is 30.0 Å². The first-order valence-electron chi connectivity index (χ1n) is 10.6. The Morgan fingerprint density at radius 3 is 2.14 bits per heavy atom. The van der Waals surface area contributed by atoms with E-state index >= 15 is 0 Å². The average Bonchev–Trinajstić information content (AvgIpc) is 2.81. The smallest absolute Gasteiger partial charge is 0.418 e. The number of carboxylic acids is 1. The lowest BCUT2D eigenvalue weighted by atomic mass is 9.97. The number of benzene rings is 2. The van der Waals surface area contributed by atoms with Crippen LogP contribution in [0.3, 0.4) is 0 Å². The number of rotatable bonds is 6. The zero-order valence-corrected chi connectivity index (χ0v) is 19.6. The van der Waals surface area contributed by atoms with Gasteiger partial charge in [0.25, 0.3) is 0 Å². The van der Waals surface area contributed by atoms with Crippen LogP contribution < -0.4 is 4.74 Å². The first-order valence-corrected chi connectivity index (χ1v) is 11.5. The van der Waals surface area contributed by atoms with Crippen molar-refractivity contribution in [2.45, 2.75) is 35.0 Å². The van der Waals surface area contributed by atoms with Crippen molar-refractivity contribution in [1.29, 1.82) is 0 Å². The van der Waals surface area contributed by atoms with Crippen LogP contribution in [0.4, 0.5) is 26.3 Å². The molecule has 194 valence electrons. The number of ether oxygens (including phenoxy) is 1. The predicted octanol–water partition coefficient (Wildman–Crippen LogP) is 6.22. The Morgan fingerprint density at radius 1 is 0.972 bits per heavy atom. The topological polar surface area (TPSA) is 66.8 Å². The maximum Gasteiger partial charge on any atom is 0.418 e. The van der Waals surface area contributed by atoms with Gasteiger partial charge in [-0.05, 0) is 42.7 Å². The van der Waals surface area contributed by atoms with E-state index in [1.165, 1.54) is 30.2 Å². The third-order valence-corrected chi connectivity index (χ3v) is 6.73. The Kier molecular flexibility index (Phi) is 8.27. The van der Waals surface area contributed by atoms with Crippen LogP contribution >= 0.6 is 11.8 Å². The van der Waals surface area contributed by atoms with E-state index < -0.39 is 51.7 Å². The zero-order chi connectivity index (χ0) is 26.7. The molecule has 2 aromatic rings. The molecule has 2 aromatic carbocycles. The number of para-hydroxylation sites is 1. The maximum absolute atomic E-state index is 14.0. The molecule has 5 nitrogen and oxygen atoms in total. The van der Waals surface area contributed by atoms with Gasteiger partial charge in [-0.2, -0.15) is 26.3 Å². The van der Waals surface area contributed by atoms with Crippen molar-refractivity contribution in [2.75, 3.05) is 20.2 Å². The van der Waals surface area contributed by atoms with Gasteiger partial charge in [0.15, 0.2) is 0 Å². The van der Waals surface area contributed by atoms with Gasteiger partial charge in [0, 0.05) is 24.1 Å². The quantitative estimate of drug-likeness (QED) is 0.353. The summed E-state index contributed by atoms with van der Waals surface area (Å²) in [7, 11) is 1.29. The molecule has 1 aliphatic rings. The van der Waals surface area contributed by atoms with E-state index in [0.717, 1.165) is 18.2 Å². The third-order valence-electron chi connectivity index (χ3n) is 5.62. The normalized spacial score (nSPS) is 15.4. The fourth-order valence-electron chi connectivity index (χ4n) is 3.85. The summed E-state index contributed by atoms with van der Waals surface area (Å²) in [4.78, 5) is 24.3. The lowest BCUT2D eigenvalue weighted by Gasteiger charge is -2.29. The number of hydrogen-bond acceptors (Lipinski definition) is 4. The molecule has 0 radical (unpaired) electrons. The lowest BCUT2D eigenvalue weighted by Crippen LogP contribution is -2.39. The van der Waals surface area contributed by atoms with Crippen molar-refractivity contribution in [3.8, 4) is 5.75 Å². The van der Waals surface area contributed by atoms with E-state index in [1.807, 2.05) is 0 Å². The first kappa shape index (κ1) is 27.4. The molecular weight excluding hydrogens is 512 g/mol. The van der Waals surface area contributed by atoms with E-state index in [1.54, 1.807) is 6.07 Å².